The Hall–Kier alpha value is -0.910. The lowest BCUT2D eigenvalue weighted by Crippen LogP contribution is -2.26. The van der Waals surface area contributed by atoms with Crippen LogP contribution >= 0.6 is 34.3 Å². The van der Waals surface area contributed by atoms with E-state index in [1.165, 1.54) is 22.7 Å². The summed E-state index contributed by atoms with van der Waals surface area (Å²) in [5, 5.41) is 2.63. The van der Waals surface area contributed by atoms with Gasteiger partial charge in [-0.1, -0.05) is 11.6 Å². The minimum atomic E-state index is -0.0438. The van der Waals surface area contributed by atoms with Gasteiger partial charge in [0, 0.05) is 19.0 Å². The fourth-order valence-electron chi connectivity index (χ4n) is 1.25. The van der Waals surface area contributed by atoms with E-state index in [4.69, 9.17) is 11.6 Å². The second kappa shape index (κ2) is 5.16. The molecule has 3 nitrogen and oxygen atoms in total. The summed E-state index contributed by atoms with van der Waals surface area (Å²) in [5.41, 5.74) is 0.499. The molecule has 17 heavy (non-hydrogen) atoms. The molecule has 0 aliphatic carbocycles. The van der Waals surface area contributed by atoms with Gasteiger partial charge >= 0.3 is 0 Å². The van der Waals surface area contributed by atoms with Crippen molar-refractivity contribution in [3.05, 3.63) is 27.5 Å². The summed E-state index contributed by atoms with van der Waals surface area (Å²) in [5.74, 6) is -0.0438. The van der Waals surface area contributed by atoms with Crippen LogP contribution in [0.3, 0.4) is 0 Å². The molecule has 2 rings (SSSR count). The molecular formula is C11H11ClN2OS2. The first kappa shape index (κ1) is 12.5. The minimum Gasteiger partial charge on any atom is -0.341 e. The highest BCUT2D eigenvalue weighted by atomic mass is 35.5. The standard InChI is InChI=1S/C11H11ClN2OS2/c1-3-14(2)11(15)7-6-16-10(13-7)8-4-5-9(12)17-8/h4-6H,3H2,1-2H3. The number of carbonyl (C=O) groups is 1. The van der Waals surface area contributed by atoms with Crippen LogP contribution in [0.2, 0.25) is 4.34 Å². The number of carbonyl (C=O) groups excluding carboxylic acids is 1. The number of aromatic nitrogens is 1. The summed E-state index contributed by atoms with van der Waals surface area (Å²) in [4.78, 5) is 18.9. The average molecular weight is 287 g/mol. The number of halogens is 1. The van der Waals surface area contributed by atoms with Crippen molar-refractivity contribution in [1.29, 1.82) is 0 Å². The van der Waals surface area contributed by atoms with Crippen molar-refractivity contribution < 1.29 is 4.79 Å². The number of amides is 1. The van der Waals surface area contributed by atoms with Gasteiger partial charge in [0.25, 0.3) is 5.91 Å². The third-order valence-corrected chi connectivity index (χ3v) is 4.57. The molecule has 0 bridgehead atoms. The van der Waals surface area contributed by atoms with Crippen LogP contribution in [0, 0.1) is 0 Å². The maximum absolute atomic E-state index is 11.9. The Morgan fingerprint density at radius 2 is 2.29 bits per heavy atom. The Labute approximate surface area is 113 Å². The zero-order valence-corrected chi connectivity index (χ0v) is 11.8. The molecular weight excluding hydrogens is 276 g/mol. The van der Waals surface area contributed by atoms with Gasteiger partial charge in [-0.3, -0.25) is 4.79 Å². The molecule has 0 aliphatic heterocycles. The molecule has 0 radical (unpaired) electrons. The Balaban J connectivity index is 2.24. The number of hydrogen-bond donors (Lipinski definition) is 0. The van der Waals surface area contributed by atoms with Gasteiger partial charge in [0.05, 0.1) is 9.21 Å². The van der Waals surface area contributed by atoms with Gasteiger partial charge in [0.2, 0.25) is 0 Å². The summed E-state index contributed by atoms with van der Waals surface area (Å²) >= 11 is 8.81. The van der Waals surface area contributed by atoms with Crippen LogP contribution < -0.4 is 0 Å². The Kier molecular flexibility index (Phi) is 3.81. The van der Waals surface area contributed by atoms with Crippen LogP contribution in [0.4, 0.5) is 0 Å². The molecule has 2 aromatic rings. The van der Waals surface area contributed by atoms with Crippen molar-refractivity contribution >= 4 is 40.2 Å². The molecule has 90 valence electrons. The predicted octanol–water partition coefficient (Wildman–Crippen LogP) is 3.62. The van der Waals surface area contributed by atoms with E-state index >= 15 is 0 Å². The minimum absolute atomic E-state index is 0.0438. The van der Waals surface area contributed by atoms with Crippen LogP contribution in [0.1, 0.15) is 17.4 Å². The highest BCUT2D eigenvalue weighted by Gasteiger charge is 2.15. The van der Waals surface area contributed by atoms with E-state index < -0.39 is 0 Å². The first-order chi connectivity index (χ1) is 8.11. The van der Waals surface area contributed by atoms with Crippen molar-refractivity contribution in [2.75, 3.05) is 13.6 Å². The number of nitrogens with zero attached hydrogens (tertiary/aromatic N) is 2. The van der Waals surface area contributed by atoms with Crippen molar-refractivity contribution in [1.82, 2.24) is 9.88 Å². The largest absolute Gasteiger partial charge is 0.341 e. The molecule has 2 heterocycles. The predicted molar refractivity (Wildman–Crippen MR) is 73.1 cm³/mol. The zero-order chi connectivity index (χ0) is 12.4. The zero-order valence-electron chi connectivity index (χ0n) is 9.44. The summed E-state index contributed by atoms with van der Waals surface area (Å²) < 4.78 is 0.730. The third kappa shape index (κ3) is 2.68. The van der Waals surface area contributed by atoms with Crippen LogP contribution in [-0.2, 0) is 0 Å². The van der Waals surface area contributed by atoms with Gasteiger partial charge in [0.1, 0.15) is 10.7 Å². The Morgan fingerprint density at radius 1 is 1.53 bits per heavy atom. The lowest BCUT2D eigenvalue weighted by atomic mass is 10.4. The molecule has 0 N–H and O–H groups in total. The molecule has 0 atom stereocenters. The van der Waals surface area contributed by atoms with Crippen molar-refractivity contribution in [3.8, 4) is 9.88 Å². The van der Waals surface area contributed by atoms with E-state index in [1.807, 2.05) is 19.1 Å². The van der Waals surface area contributed by atoms with E-state index in [2.05, 4.69) is 4.98 Å². The number of thiazole rings is 1. The summed E-state index contributed by atoms with van der Waals surface area (Å²) in [6, 6.07) is 3.76. The molecule has 0 saturated heterocycles. The molecule has 0 fully saturated rings. The SMILES string of the molecule is CCN(C)C(=O)c1csc(-c2ccc(Cl)s2)n1. The van der Waals surface area contributed by atoms with Crippen LogP contribution in [0.5, 0.6) is 0 Å². The molecule has 1 amide bonds. The first-order valence-electron chi connectivity index (χ1n) is 5.08. The van der Waals surface area contributed by atoms with E-state index in [1.54, 1.807) is 17.3 Å². The lowest BCUT2D eigenvalue weighted by Gasteiger charge is -2.11. The Bertz CT molecular complexity index is 535. The third-order valence-electron chi connectivity index (χ3n) is 2.33. The fourth-order valence-corrected chi connectivity index (χ4v) is 3.16. The Morgan fingerprint density at radius 3 is 2.88 bits per heavy atom. The molecule has 0 aromatic carbocycles. The summed E-state index contributed by atoms with van der Waals surface area (Å²) in [6.45, 7) is 2.61. The molecule has 0 spiro atoms. The summed E-state index contributed by atoms with van der Waals surface area (Å²) in [7, 11) is 1.77. The van der Waals surface area contributed by atoms with Crippen LogP contribution in [-0.4, -0.2) is 29.4 Å². The van der Waals surface area contributed by atoms with Crippen LogP contribution in [0.15, 0.2) is 17.5 Å². The number of thiophene rings is 1. The van der Waals surface area contributed by atoms with Gasteiger partial charge in [-0.15, -0.1) is 22.7 Å². The quantitative estimate of drug-likeness (QED) is 0.863. The maximum atomic E-state index is 11.9. The molecule has 0 saturated carbocycles. The first-order valence-corrected chi connectivity index (χ1v) is 7.16. The lowest BCUT2D eigenvalue weighted by molar-refractivity contribution is 0.0797. The van der Waals surface area contributed by atoms with Gasteiger partial charge in [0.15, 0.2) is 0 Å². The van der Waals surface area contributed by atoms with Crippen molar-refractivity contribution in [2.45, 2.75) is 6.92 Å². The highest BCUT2D eigenvalue weighted by molar-refractivity contribution is 7.23. The number of rotatable bonds is 3. The topological polar surface area (TPSA) is 33.2 Å². The van der Waals surface area contributed by atoms with Gasteiger partial charge in [-0.25, -0.2) is 4.98 Å². The molecule has 2 aromatic heterocycles. The fraction of sp³-hybridized carbons (Fsp3) is 0.273. The normalized spacial score (nSPS) is 10.5. The smallest absolute Gasteiger partial charge is 0.273 e. The van der Waals surface area contributed by atoms with Crippen molar-refractivity contribution in [2.24, 2.45) is 0 Å². The second-order valence-electron chi connectivity index (χ2n) is 3.46. The molecule has 6 heteroatoms. The average Bonchev–Trinajstić information content (AvgIpc) is 2.95. The van der Waals surface area contributed by atoms with E-state index in [-0.39, 0.29) is 5.91 Å². The van der Waals surface area contributed by atoms with Crippen molar-refractivity contribution in [3.63, 3.8) is 0 Å². The highest BCUT2D eigenvalue weighted by Crippen LogP contribution is 2.32. The van der Waals surface area contributed by atoms with Crippen LogP contribution in [0.25, 0.3) is 9.88 Å². The van der Waals surface area contributed by atoms with E-state index in [0.29, 0.717) is 12.2 Å². The van der Waals surface area contributed by atoms with Gasteiger partial charge < -0.3 is 4.90 Å². The maximum Gasteiger partial charge on any atom is 0.273 e. The number of hydrogen-bond acceptors (Lipinski definition) is 4. The monoisotopic (exact) mass is 286 g/mol. The summed E-state index contributed by atoms with van der Waals surface area (Å²) in [6.07, 6.45) is 0. The molecule has 0 aliphatic rings. The van der Waals surface area contributed by atoms with Gasteiger partial charge in [-0.2, -0.15) is 0 Å². The van der Waals surface area contributed by atoms with E-state index in [9.17, 15) is 4.79 Å². The van der Waals surface area contributed by atoms with Gasteiger partial charge in [-0.05, 0) is 19.1 Å². The second-order valence-corrected chi connectivity index (χ2v) is 6.03. The van der Waals surface area contributed by atoms with E-state index in [0.717, 1.165) is 14.2 Å². The molecule has 0 unspecified atom stereocenters.